The van der Waals surface area contributed by atoms with Crippen molar-refractivity contribution in [2.24, 2.45) is 0 Å². The topological polar surface area (TPSA) is 29.1 Å². The van der Waals surface area contributed by atoms with Gasteiger partial charge in [-0.3, -0.25) is 4.79 Å². The van der Waals surface area contributed by atoms with E-state index in [0.717, 1.165) is 12.1 Å². The summed E-state index contributed by atoms with van der Waals surface area (Å²) in [7, 11) is 0. The number of carbonyl (C=O) groups excluding carboxylic acids is 1. The molecule has 1 amide bonds. The average molecular weight is 298 g/mol. The molecule has 3 heteroatoms. The van der Waals surface area contributed by atoms with Gasteiger partial charge in [-0.1, -0.05) is 48.3 Å². The highest BCUT2D eigenvalue weighted by molar-refractivity contribution is 9.09. The van der Waals surface area contributed by atoms with Gasteiger partial charge < -0.3 is 5.32 Å². The van der Waals surface area contributed by atoms with Crippen LogP contribution in [-0.4, -0.2) is 10.7 Å². The minimum absolute atomic E-state index is 0.0575. The summed E-state index contributed by atoms with van der Waals surface area (Å²) in [5.41, 5.74) is 2.18. The molecule has 0 spiro atoms. The van der Waals surface area contributed by atoms with E-state index in [2.05, 4.69) is 40.3 Å². The van der Waals surface area contributed by atoms with E-state index in [0.29, 0.717) is 11.2 Å². The molecule has 17 heavy (non-hydrogen) atoms. The van der Waals surface area contributed by atoms with Crippen molar-refractivity contribution in [2.75, 3.05) is 5.32 Å². The fourth-order valence-corrected chi connectivity index (χ4v) is 2.48. The van der Waals surface area contributed by atoms with E-state index in [-0.39, 0.29) is 5.91 Å². The number of anilines is 1. The number of hydrogen-bond donors (Lipinski definition) is 1. The molecule has 0 saturated carbocycles. The first-order valence-corrected chi connectivity index (χ1v) is 7.10. The monoisotopic (exact) mass is 297 g/mol. The highest BCUT2D eigenvalue weighted by atomic mass is 79.9. The highest BCUT2D eigenvalue weighted by Crippen LogP contribution is 2.17. The normalized spacial score (nSPS) is 12.2. The predicted molar refractivity (Wildman–Crippen MR) is 76.7 cm³/mol. The van der Waals surface area contributed by atoms with E-state index in [1.165, 1.54) is 18.4 Å². The van der Waals surface area contributed by atoms with Gasteiger partial charge in [0, 0.05) is 16.9 Å². The number of hydrogen-bond acceptors (Lipinski definition) is 1. The molecule has 94 valence electrons. The number of carbonyl (C=O) groups is 1. The fourth-order valence-electron chi connectivity index (χ4n) is 1.64. The van der Waals surface area contributed by atoms with E-state index in [9.17, 15) is 4.79 Å². The van der Waals surface area contributed by atoms with Gasteiger partial charge in [-0.2, -0.15) is 0 Å². The Morgan fingerprint density at radius 1 is 1.29 bits per heavy atom. The van der Waals surface area contributed by atoms with Crippen LogP contribution < -0.4 is 5.32 Å². The van der Waals surface area contributed by atoms with Crippen LogP contribution in [0.1, 0.15) is 38.7 Å². The van der Waals surface area contributed by atoms with Crippen LogP contribution in [0.25, 0.3) is 0 Å². The number of alkyl halides is 1. The number of nitrogens with one attached hydrogen (secondary N) is 1. The minimum atomic E-state index is 0.0575. The molecule has 0 heterocycles. The van der Waals surface area contributed by atoms with Gasteiger partial charge >= 0.3 is 0 Å². The van der Waals surface area contributed by atoms with Crippen LogP contribution in [0.15, 0.2) is 24.3 Å². The lowest BCUT2D eigenvalue weighted by molar-refractivity contribution is -0.115. The number of benzene rings is 1. The first-order valence-electron chi connectivity index (χ1n) is 6.18. The SMILES string of the molecule is CCCC(Br)Cc1ccc(NC(=O)CC)cc1. The van der Waals surface area contributed by atoms with Gasteiger partial charge in [-0.25, -0.2) is 0 Å². The Bertz CT molecular complexity index is 348. The molecule has 0 aliphatic heterocycles. The third-order valence-corrected chi connectivity index (χ3v) is 3.40. The van der Waals surface area contributed by atoms with Crippen molar-refractivity contribution in [1.29, 1.82) is 0 Å². The molecular formula is C14H20BrNO. The molecule has 1 N–H and O–H groups in total. The predicted octanol–water partition coefficient (Wildman–Crippen LogP) is 4.14. The summed E-state index contributed by atoms with van der Waals surface area (Å²) < 4.78 is 0. The van der Waals surface area contributed by atoms with E-state index in [4.69, 9.17) is 0 Å². The van der Waals surface area contributed by atoms with Crippen molar-refractivity contribution in [3.63, 3.8) is 0 Å². The molecule has 0 aliphatic rings. The molecule has 0 bridgehead atoms. The molecule has 2 nitrogen and oxygen atoms in total. The van der Waals surface area contributed by atoms with E-state index in [1.54, 1.807) is 0 Å². The van der Waals surface area contributed by atoms with Gasteiger partial charge in [0.25, 0.3) is 0 Å². The Morgan fingerprint density at radius 2 is 1.94 bits per heavy atom. The third kappa shape index (κ3) is 5.35. The van der Waals surface area contributed by atoms with E-state index < -0.39 is 0 Å². The summed E-state index contributed by atoms with van der Waals surface area (Å²) in [5.74, 6) is 0.0575. The zero-order valence-electron chi connectivity index (χ0n) is 10.5. The molecule has 0 aliphatic carbocycles. The van der Waals surface area contributed by atoms with Gasteiger partial charge in [-0.15, -0.1) is 0 Å². The molecule has 0 radical (unpaired) electrons. The van der Waals surface area contributed by atoms with Gasteiger partial charge in [-0.05, 0) is 30.5 Å². The van der Waals surface area contributed by atoms with Crippen LogP contribution in [0.2, 0.25) is 0 Å². The summed E-state index contributed by atoms with van der Waals surface area (Å²) >= 11 is 3.68. The molecule has 0 fully saturated rings. The summed E-state index contributed by atoms with van der Waals surface area (Å²) in [6.07, 6.45) is 3.94. The second-order valence-electron chi connectivity index (χ2n) is 4.19. The molecule has 1 rings (SSSR count). The van der Waals surface area contributed by atoms with Gasteiger partial charge in [0.05, 0.1) is 0 Å². The molecule has 1 unspecified atom stereocenters. The lowest BCUT2D eigenvalue weighted by atomic mass is 10.1. The van der Waals surface area contributed by atoms with E-state index in [1.807, 2.05) is 19.1 Å². The zero-order valence-corrected chi connectivity index (χ0v) is 12.1. The first-order chi connectivity index (χ1) is 8.15. The molecule has 1 atom stereocenters. The van der Waals surface area contributed by atoms with Crippen LogP contribution in [0, 0.1) is 0 Å². The van der Waals surface area contributed by atoms with Crippen molar-refractivity contribution in [2.45, 2.75) is 44.4 Å². The van der Waals surface area contributed by atoms with Crippen LogP contribution in [0.3, 0.4) is 0 Å². The standard InChI is InChI=1S/C14H20BrNO/c1-3-5-12(15)10-11-6-8-13(9-7-11)16-14(17)4-2/h6-9,12H,3-5,10H2,1-2H3,(H,16,17). The second-order valence-corrected chi connectivity index (χ2v) is 5.48. The van der Waals surface area contributed by atoms with Crippen LogP contribution >= 0.6 is 15.9 Å². The Balaban J connectivity index is 2.52. The Kier molecular flexibility index (Phi) is 6.27. The average Bonchev–Trinajstić information content (AvgIpc) is 2.32. The van der Waals surface area contributed by atoms with Gasteiger partial charge in [0.2, 0.25) is 5.91 Å². The fraction of sp³-hybridized carbons (Fsp3) is 0.500. The summed E-state index contributed by atoms with van der Waals surface area (Å²) in [6, 6.07) is 8.09. The number of amides is 1. The molecule has 0 aromatic heterocycles. The van der Waals surface area contributed by atoms with Crippen molar-refractivity contribution in [3.8, 4) is 0 Å². The van der Waals surface area contributed by atoms with Crippen molar-refractivity contribution in [1.82, 2.24) is 0 Å². The maximum absolute atomic E-state index is 11.2. The van der Waals surface area contributed by atoms with E-state index >= 15 is 0 Å². The summed E-state index contributed by atoms with van der Waals surface area (Å²) in [4.78, 5) is 11.8. The lowest BCUT2D eigenvalue weighted by Gasteiger charge is -2.09. The van der Waals surface area contributed by atoms with Crippen molar-refractivity contribution in [3.05, 3.63) is 29.8 Å². The van der Waals surface area contributed by atoms with Crippen LogP contribution in [-0.2, 0) is 11.2 Å². The molecular weight excluding hydrogens is 278 g/mol. The molecule has 1 aromatic rings. The maximum Gasteiger partial charge on any atom is 0.224 e. The zero-order chi connectivity index (χ0) is 12.7. The summed E-state index contributed by atoms with van der Waals surface area (Å²) in [5, 5.41) is 2.85. The van der Waals surface area contributed by atoms with Crippen molar-refractivity contribution >= 4 is 27.5 Å². The van der Waals surface area contributed by atoms with Gasteiger partial charge in [0.15, 0.2) is 0 Å². The number of rotatable bonds is 6. The first kappa shape index (κ1) is 14.2. The second kappa shape index (κ2) is 7.49. The van der Waals surface area contributed by atoms with Gasteiger partial charge in [0.1, 0.15) is 0 Å². The Labute approximate surface area is 112 Å². The molecule has 0 saturated heterocycles. The summed E-state index contributed by atoms with van der Waals surface area (Å²) in [6.45, 7) is 4.04. The Morgan fingerprint density at radius 3 is 2.47 bits per heavy atom. The van der Waals surface area contributed by atoms with Crippen molar-refractivity contribution < 1.29 is 4.79 Å². The molecule has 1 aromatic carbocycles. The lowest BCUT2D eigenvalue weighted by Crippen LogP contribution is -2.09. The Hall–Kier alpha value is -0.830. The quantitative estimate of drug-likeness (QED) is 0.786. The van der Waals surface area contributed by atoms with Crippen LogP contribution in [0.4, 0.5) is 5.69 Å². The number of halogens is 1. The van der Waals surface area contributed by atoms with Crippen LogP contribution in [0.5, 0.6) is 0 Å². The minimum Gasteiger partial charge on any atom is -0.326 e. The smallest absolute Gasteiger partial charge is 0.224 e. The highest BCUT2D eigenvalue weighted by Gasteiger charge is 2.04. The maximum atomic E-state index is 11.2. The third-order valence-electron chi connectivity index (χ3n) is 2.62. The largest absolute Gasteiger partial charge is 0.326 e.